The lowest BCUT2D eigenvalue weighted by Crippen LogP contribution is -2.02. The van der Waals surface area contributed by atoms with E-state index >= 15 is 0 Å². The van der Waals surface area contributed by atoms with Gasteiger partial charge in [0.05, 0.1) is 11.0 Å². The van der Waals surface area contributed by atoms with E-state index in [2.05, 4.69) is 203 Å². The number of aromatic nitrogens is 2. The van der Waals surface area contributed by atoms with Crippen LogP contribution < -0.4 is 0 Å². The van der Waals surface area contributed by atoms with Gasteiger partial charge in [-0.3, -0.25) is 0 Å². The third-order valence-corrected chi connectivity index (χ3v) is 12.3. The first-order chi connectivity index (χ1) is 29.8. The summed E-state index contributed by atoms with van der Waals surface area (Å²) in [6, 6.07) is 74.1. The third kappa shape index (κ3) is 4.79. The molecule has 0 aliphatic carbocycles. The molecule has 4 nitrogen and oxygen atoms in total. The second-order valence-electron chi connectivity index (χ2n) is 15.6. The van der Waals surface area contributed by atoms with E-state index in [9.17, 15) is 0 Å². The van der Waals surface area contributed by atoms with Crippen LogP contribution in [-0.4, -0.2) is 9.13 Å². The monoisotopic (exact) mass is 766 g/mol. The molecule has 0 aliphatic rings. The van der Waals surface area contributed by atoms with Crippen LogP contribution in [0, 0.1) is 0 Å². The molecule has 0 aliphatic heterocycles. The number of fused-ring (bicyclic) bond motifs is 8. The van der Waals surface area contributed by atoms with Crippen LogP contribution in [0.25, 0.3) is 121 Å². The Morgan fingerprint density at radius 1 is 0.267 bits per heavy atom. The van der Waals surface area contributed by atoms with Crippen molar-refractivity contribution < 1.29 is 8.83 Å². The molecule has 10 aromatic carbocycles. The lowest BCUT2D eigenvalue weighted by Gasteiger charge is -2.21. The van der Waals surface area contributed by atoms with E-state index in [4.69, 9.17) is 8.83 Å². The van der Waals surface area contributed by atoms with Gasteiger partial charge in [0.25, 0.3) is 0 Å². The van der Waals surface area contributed by atoms with Gasteiger partial charge in [-0.2, -0.15) is 0 Å². The van der Waals surface area contributed by atoms with Crippen LogP contribution in [0.3, 0.4) is 0 Å². The standard InChI is InChI=1S/C56H34N2O2/c1-3-15-35(16-4-1)57-37-31-47(45-25-11-23-43-41-19-7-9-29-53(41)59-55(43)45)40-22-14-28-52(50(40)33-37)58(36-17-5-2-6-18-36)38-32-48(39-21-13-27-51(57)49(39)34-38)46-26-12-24-44-42-20-8-10-30-54(42)60-56(44)46/h1-34H. The summed E-state index contributed by atoms with van der Waals surface area (Å²) in [7, 11) is 0. The van der Waals surface area contributed by atoms with Gasteiger partial charge >= 0.3 is 0 Å². The minimum atomic E-state index is 0.885. The summed E-state index contributed by atoms with van der Waals surface area (Å²) in [5, 5.41) is 8.98. The number of rotatable bonds is 4. The predicted molar refractivity (Wildman–Crippen MR) is 249 cm³/mol. The van der Waals surface area contributed by atoms with Gasteiger partial charge in [-0.25, -0.2) is 0 Å². The van der Waals surface area contributed by atoms with E-state index in [1.807, 2.05) is 12.1 Å². The topological polar surface area (TPSA) is 36.1 Å². The summed E-state index contributed by atoms with van der Waals surface area (Å²) in [5.74, 6) is 0. The zero-order valence-electron chi connectivity index (χ0n) is 32.3. The van der Waals surface area contributed by atoms with E-state index in [0.29, 0.717) is 0 Å². The lowest BCUT2D eigenvalue weighted by molar-refractivity contribution is 0.669. The van der Waals surface area contributed by atoms with Crippen molar-refractivity contribution in [3.63, 3.8) is 0 Å². The molecule has 13 aromatic rings. The van der Waals surface area contributed by atoms with Crippen LogP contribution in [0.5, 0.6) is 0 Å². The highest BCUT2D eigenvalue weighted by atomic mass is 16.3. The molecule has 0 saturated heterocycles. The Kier molecular flexibility index (Phi) is 6.98. The van der Waals surface area contributed by atoms with Crippen LogP contribution in [0.2, 0.25) is 0 Å². The molecule has 280 valence electrons. The molecule has 4 heteroatoms. The maximum atomic E-state index is 6.73. The highest BCUT2D eigenvalue weighted by molar-refractivity contribution is 6.17. The summed E-state index contributed by atoms with van der Waals surface area (Å²) < 4.78 is 18.3. The van der Waals surface area contributed by atoms with Crippen LogP contribution in [0.1, 0.15) is 0 Å². The quantitative estimate of drug-likeness (QED) is 0.179. The maximum Gasteiger partial charge on any atom is 0.143 e. The summed E-state index contributed by atoms with van der Waals surface area (Å²) in [5.41, 5.74) is 14.3. The number of hydrogen-bond acceptors (Lipinski definition) is 2. The van der Waals surface area contributed by atoms with Crippen LogP contribution in [0.4, 0.5) is 0 Å². The number of nitrogens with zero attached hydrogens (tertiary/aromatic N) is 2. The number of hydrogen-bond donors (Lipinski definition) is 0. The van der Waals surface area contributed by atoms with Crippen LogP contribution >= 0.6 is 0 Å². The molecular formula is C56H34N2O2. The summed E-state index contributed by atoms with van der Waals surface area (Å²) in [4.78, 5) is 0. The van der Waals surface area contributed by atoms with E-state index in [-0.39, 0.29) is 0 Å². The van der Waals surface area contributed by atoms with Gasteiger partial charge in [0.1, 0.15) is 22.3 Å². The Morgan fingerprint density at radius 3 is 1.12 bits per heavy atom. The second kappa shape index (κ2) is 12.7. The van der Waals surface area contributed by atoms with Gasteiger partial charge in [0, 0.05) is 65.9 Å². The highest BCUT2D eigenvalue weighted by Crippen LogP contribution is 2.44. The molecule has 0 radical (unpaired) electrons. The fraction of sp³-hybridized carbons (Fsp3) is 0. The molecule has 0 spiro atoms. The average Bonchev–Trinajstić information content (AvgIpc) is 3.89. The molecule has 60 heavy (non-hydrogen) atoms. The number of para-hydroxylation sites is 6. The Balaban J connectivity index is 1.27. The summed E-state index contributed by atoms with van der Waals surface area (Å²) >= 11 is 0. The Hall–Kier alpha value is -8.08. The van der Waals surface area contributed by atoms with Crippen LogP contribution in [-0.2, 0) is 0 Å². The van der Waals surface area contributed by atoms with Gasteiger partial charge in [0.15, 0.2) is 0 Å². The maximum absolute atomic E-state index is 6.73. The highest BCUT2D eigenvalue weighted by Gasteiger charge is 2.20. The molecule has 3 heterocycles. The molecule has 0 saturated carbocycles. The van der Waals surface area contributed by atoms with Gasteiger partial charge < -0.3 is 18.0 Å². The van der Waals surface area contributed by atoms with Crippen molar-refractivity contribution >= 4 is 87.5 Å². The van der Waals surface area contributed by atoms with Crippen molar-refractivity contribution in [1.82, 2.24) is 9.13 Å². The normalized spacial score (nSPS) is 12.0. The van der Waals surface area contributed by atoms with Gasteiger partial charge in [-0.15, -0.1) is 0 Å². The second-order valence-corrected chi connectivity index (χ2v) is 15.6. The van der Waals surface area contributed by atoms with Gasteiger partial charge in [-0.1, -0.05) is 133 Å². The third-order valence-electron chi connectivity index (χ3n) is 12.3. The van der Waals surface area contributed by atoms with Crippen LogP contribution in [0.15, 0.2) is 215 Å². The molecule has 0 atom stereocenters. The summed E-state index contributed by atoms with van der Waals surface area (Å²) in [6.07, 6.45) is 0. The van der Waals surface area contributed by atoms with Crippen molar-refractivity contribution in [2.45, 2.75) is 0 Å². The smallest absolute Gasteiger partial charge is 0.143 e. The zero-order chi connectivity index (χ0) is 39.3. The molecule has 4 bridgehead atoms. The largest absolute Gasteiger partial charge is 0.455 e. The number of furan rings is 2. The minimum Gasteiger partial charge on any atom is -0.455 e. The number of benzene rings is 10. The Labute approximate surface area is 344 Å². The molecule has 13 rings (SSSR count). The zero-order valence-corrected chi connectivity index (χ0v) is 32.3. The van der Waals surface area contributed by atoms with Crippen molar-refractivity contribution in [3.8, 4) is 33.6 Å². The summed E-state index contributed by atoms with van der Waals surface area (Å²) in [6.45, 7) is 0. The van der Waals surface area contributed by atoms with E-state index in [1.54, 1.807) is 0 Å². The minimum absolute atomic E-state index is 0.885. The molecule has 0 fully saturated rings. The molecule has 0 amide bonds. The first-order valence-electron chi connectivity index (χ1n) is 20.4. The van der Waals surface area contributed by atoms with E-state index in [0.717, 1.165) is 121 Å². The fourth-order valence-electron chi connectivity index (χ4n) is 9.73. The van der Waals surface area contributed by atoms with Crippen molar-refractivity contribution in [2.75, 3.05) is 0 Å². The van der Waals surface area contributed by atoms with Crippen molar-refractivity contribution in [3.05, 3.63) is 206 Å². The predicted octanol–water partition coefficient (Wildman–Crippen LogP) is 15.6. The first-order valence-corrected chi connectivity index (χ1v) is 20.4. The first kappa shape index (κ1) is 32.9. The van der Waals surface area contributed by atoms with Gasteiger partial charge in [-0.05, 0) is 94.7 Å². The Bertz CT molecular complexity index is 3630. The van der Waals surface area contributed by atoms with Gasteiger partial charge in [0.2, 0.25) is 0 Å². The van der Waals surface area contributed by atoms with E-state index in [1.165, 1.54) is 0 Å². The molecule has 0 N–H and O–H groups in total. The fourth-order valence-corrected chi connectivity index (χ4v) is 9.73. The van der Waals surface area contributed by atoms with Crippen molar-refractivity contribution in [2.24, 2.45) is 0 Å². The van der Waals surface area contributed by atoms with E-state index < -0.39 is 0 Å². The molecule has 3 aromatic heterocycles. The average molecular weight is 767 g/mol. The molecule has 0 unspecified atom stereocenters. The SMILES string of the molecule is c1ccc(-n2c3cc(-c4cccc5c4oc4ccccc45)c4cccc(c4c3)n(-c3ccccc3)c3cc(-c4cccc5c4oc4ccccc45)c4cccc2c4c3)cc1. The van der Waals surface area contributed by atoms with Crippen molar-refractivity contribution in [1.29, 1.82) is 0 Å². The lowest BCUT2D eigenvalue weighted by atomic mass is 9.94. The molecular weight excluding hydrogens is 733 g/mol. The Morgan fingerprint density at radius 2 is 0.650 bits per heavy atom.